The van der Waals surface area contributed by atoms with Crippen LogP contribution in [0.15, 0.2) is 10.8 Å². The normalized spacial score (nSPS) is 15.0. The minimum absolute atomic E-state index is 0.218. The van der Waals surface area contributed by atoms with E-state index in [9.17, 15) is 0 Å². The van der Waals surface area contributed by atoms with Crippen LogP contribution in [0.25, 0.3) is 0 Å². The molecule has 0 radical (unpaired) electrons. The average Bonchev–Trinajstić information content (AvgIpc) is 1.83. The minimum Gasteiger partial charge on any atom is -0.392 e. The minimum atomic E-state index is -1.13. The molecule has 0 aromatic carbocycles. The molecule has 0 aliphatic heterocycles. The highest BCUT2D eigenvalue weighted by Gasteiger charge is 2.16. The first kappa shape index (κ1) is 9.92. The van der Waals surface area contributed by atoms with Crippen molar-refractivity contribution in [2.45, 2.75) is 33.5 Å². The molecule has 0 heterocycles. The summed E-state index contributed by atoms with van der Waals surface area (Å²) >= 11 is 0. The van der Waals surface area contributed by atoms with Gasteiger partial charge in [-0.05, 0) is 13.8 Å². The van der Waals surface area contributed by atoms with E-state index in [1.54, 1.807) is 0 Å². The molecule has 60 valence electrons. The van der Waals surface area contributed by atoms with Crippen molar-refractivity contribution in [2.24, 2.45) is 0 Å². The fourth-order valence-electron chi connectivity index (χ4n) is 0.759. The Labute approximate surface area is 64.8 Å². The lowest BCUT2D eigenvalue weighted by atomic mass is 10.3. The zero-order valence-corrected chi connectivity index (χ0v) is 8.65. The van der Waals surface area contributed by atoms with Crippen LogP contribution in [0.5, 0.6) is 0 Å². The van der Waals surface area contributed by atoms with E-state index in [0.29, 0.717) is 0 Å². The highest BCUT2D eigenvalue weighted by atomic mass is 28.3. The molecule has 0 saturated carbocycles. The average molecular weight is 158 g/mol. The second kappa shape index (κ2) is 3.35. The maximum absolute atomic E-state index is 8.83. The molecule has 0 aliphatic rings. The Kier molecular flexibility index (Phi) is 3.32. The van der Waals surface area contributed by atoms with Crippen LogP contribution in [0.3, 0.4) is 0 Å². The Morgan fingerprint density at radius 1 is 1.20 bits per heavy atom. The van der Waals surface area contributed by atoms with Gasteiger partial charge in [0, 0.05) is 0 Å². The number of allylic oxidation sites excluding steroid dienone is 1. The van der Waals surface area contributed by atoms with Crippen molar-refractivity contribution < 1.29 is 5.11 Å². The van der Waals surface area contributed by atoms with Gasteiger partial charge in [0.2, 0.25) is 0 Å². The summed E-state index contributed by atoms with van der Waals surface area (Å²) in [6.45, 7) is 11.2. The molecule has 0 atom stereocenters. The molecule has 0 aromatic rings. The van der Waals surface area contributed by atoms with E-state index in [-0.39, 0.29) is 6.61 Å². The molecule has 0 bridgehead atoms. The van der Waals surface area contributed by atoms with Crippen molar-refractivity contribution in [1.29, 1.82) is 0 Å². The molecule has 10 heavy (non-hydrogen) atoms. The molecular formula is C8H18OSi. The molecule has 0 amide bonds. The molecule has 0 spiro atoms. The lowest BCUT2D eigenvalue weighted by Crippen LogP contribution is -2.23. The van der Waals surface area contributed by atoms with Crippen LogP contribution >= 0.6 is 0 Å². The maximum atomic E-state index is 8.83. The first-order valence-electron chi connectivity index (χ1n) is 3.67. The topological polar surface area (TPSA) is 20.2 Å². The Bertz CT molecular complexity index is 142. The van der Waals surface area contributed by atoms with Crippen molar-refractivity contribution in [3.8, 4) is 0 Å². The Morgan fingerprint density at radius 2 is 1.60 bits per heavy atom. The van der Waals surface area contributed by atoms with Crippen LogP contribution in [0, 0.1) is 0 Å². The Balaban J connectivity index is 4.47. The van der Waals surface area contributed by atoms with Gasteiger partial charge < -0.3 is 5.11 Å². The second-order valence-electron chi connectivity index (χ2n) is 3.81. The highest BCUT2D eigenvalue weighted by Crippen LogP contribution is 2.16. The molecule has 0 aromatic heterocycles. The van der Waals surface area contributed by atoms with Crippen LogP contribution in [0.1, 0.15) is 13.8 Å². The van der Waals surface area contributed by atoms with Gasteiger partial charge in [-0.25, -0.2) is 0 Å². The largest absolute Gasteiger partial charge is 0.392 e. The molecule has 2 heteroatoms. The Hall–Kier alpha value is -0.0831. The molecule has 1 N–H and O–H groups in total. The summed E-state index contributed by atoms with van der Waals surface area (Å²) in [6, 6.07) is 0. The molecule has 0 saturated heterocycles. The van der Waals surface area contributed by atoms with Crippen molar-refractivity contribution in [3.05, 3.63) is 10.8 Å². The summed E-state index contributed by atoms with van der Waals surface area (Å²) in [4.78, 5) is 0. The SMILES string of the molecule is C/C(CO)=C(\C)[Si](C)(C)C. The first-order valence-corrected chi connectivity index (χ1v) is 7.17. The maximum Gasteiger partial charge on any atom is 0.0721 e. The van der Waals surface area contributed by atoms with E-state index in [0.717, 1.165) is 5.57 Å². The van der Waals surface area contributed by atoms with Crippen LogP contribution in [0.4, 0.5) is 0 Å². The van der Waals surface area contributed by atoms with Crippen molar-refractivity contribution >= 4 is 8.07 Å². The van der Waals surface area contributed by atoms with Gasteiger partial charge in [0.25, 0.3) is 0 Å². The van der Waals surface area contributed by atoms with E-state index >= 15 is 0 Å². The number of aliphatic hydroxyl groups is 1. The summed E-state index contributed by atoms with van der Waals surface area (Å²) in [5, 5.41) is 10.3. The van der Waals surface area contributed by atoms with Gasteiger partial charge >= 0.3 is 0 Å². The summed E-state index contributed by atoms with van der Waals surface area (Å²) < 4.78 is 0. The molecule has 0 unspecified atom stereocenters. The number of aliphatic hydroxyl groups excluding tert-OH is 1. The van der Waals surface area contributed by atoms with E-state index in [2.05, 4.69) is 26.6 Å². The number of hydrogen-bond acceptors (Lipinski definition) is 1. The van der Waals surface area contributed by atoms with Crippen molar-refractivity contribution in [2.75, 3.05) is 6.61 Å². The second-order valence-corrected chi connectivity index (χ2v) is 9.06. The third-order valence-electron chi connectivity index (χ3n) is 2.00. The molecule has 0 rings (SSSR count). The summed E-state index contributed by atoms with van der Waals surface area (Å²) in [6.07, 6.45) is 0. The summed E-state index contributed by atoms with van der Waals surface area (Å²) in [5.74, 6) is 0. The smallest absolute Gasteiger partial charge is 0.0721 e. The van der Waals surface area contributed by atoms with Crippen molar-refractivity contribution in [3.63, 3.8) is 0 Å². The Morgan fingerprint density at radius 3 is 1.70 bits per heavy atom. The van der Waals surface area contributed by atoms with Gasteiger partial charge in [-0.2, -0.15) is 0 Å². The number of hydrogen-bond donors (Lipinski definition) is 1. The molecule has 1 nitrogen and oxygen atoms in total. The van der Waals surface area contributed by atoms with Gasteiger partial charge in [-0.1, -0.05) is 30.4 Å². The van der Waals surface area contributed by atoms with Crippen LogP contribution in [0.2, 0.25) is 19.6 Å². The van der Waals surface area contributed by atoms with E-state index < -0.39 is 8.07 Å². The van der Waals surface area contributed by atoms with Crippen LogP contribution in [-0.4, -0.2) is 19.8 Å². The van der Waals surface area contributed by atoms with E-state index in [4.69, 9.17) is 5.11 Å². The van der Waals surface area contributed by atoms with Gasteiger partial charge in [-0.15, -0.1) is 0 Å². The zero-order chi connectivity index (χ0) is 8.36. The lowest BCUT2D eigenvalue weighted by molar-refractivity contribution is 0.330. The standard InChI is InChI=1S/C8H18OSi/c1-7(6-9)8(2)10(3,4)5/h9H,6H2,1-5H3/b8-7-. The van der Waals surface area contributed by atoms with Crippen LogP contribution in [-0.2, 0) is 0 Å². The van der Waals surface area contributed by atoms with Crippen LogP contribution < -0.4 is 0 Å². The molecule has 0 fully saturated rings. The zero-order valence-electron chi connectivity index (χ0n) is 7.65. The third kappa shape index (κ3) is 2.67. The van der Waals surface area contributed by atoms with Gasteiger partial charge in [0.1, 0.15) is 0 Å². The van der Waals surface area contributed by atoms with Crippen molar-refractivity contribution in [1.82, 2.24) is 0 Å². The third-order valence-corrected chi connectivity index (χ3v) is 4.68. The monoisotopic (exact) mass is 158 g/mol. The predicted molar refractivity (Wildman–Crippen MR) is 48.8 cm³/mol. The quantitative estimate of drug-likeness (QED) is 0.611. The fourth-order valence-corrected chi connectivity index (χ4v) is 2.12. The summed E-state index contributed by atoms with van der Waals surface area (Å²) in [5.41, 5.74) is 1.15. The van der Waals surface area contributed by atoms with Gasteiger partial charge in [-0.3, -0.25) is 0 Å². The van der Waals surface area contributed by atoms with E-state index in [1.165, 1.54) is 5.20 Å². The highest BCUT2D eigenvalue weighted by molar-refractivity contribution is 6.83. The molecular weight excluding hydrogens is 140 g/mol. The number of rotatable bonds is 2. The fraction of sp³-hybridized carbons (Fsp3) is 0.750. The van der Waals surface area contributed by atoms with E-state index in [1.807, 2.05) is 6.92 Å². The lowest BCUT2D eigenvalue weighted by Gasteiger charge is -2.19. The predicted octanol–water partition coefficient (Wildman–Crippen LogP) is 2.19. The van der Waals surface area contributed by atoms with Gasteiger partial charge in [0.05, 0.1) is 14.7 Å². The summed E-state index contributed by atoms with van der Waals surface area (Å²) in [7, 11) is -1.13. The first-order chi connectivity index (χ1) is 4.39. The van der Waals surface area contributed by atoms with Gasteiger partial charge in [0.15, 0.2) is 0 Å². The molecule has 0 aliphatic carbocycles.